The molecule has 10 heteroatoms. The summed E-state index contributed by atoms with van der Waals surface area (Å²) >= 11 is 0. The predicted octanol–water partition coefficient (Wildman–Crippen LogP) is 0.187. The predicted molar refractivity (Wildman–Crippen MR) is 88.2 cm³/mol. The Kier molecular flexibility index (Phi) is 13.1. The Labute approximate surface area is 151 Å². The number of carboxylic acids is 2. The van der Waals surface area contributed by atoms with Gasteiger partial charge in [-0.3, -0.25) is 9.59 Å². The fourth-order valence-electron chi connectivity index (χ4n) is 1.99. The molecule has 0 aromatic rings. The Balaban J connectivity index is 0. The fraction of sp³-hybridized carbons (Fsp3) is 0.750. The lowest BCUT2D eigenvalue weighted by molar-refractivity contribution is -0.170. The molecule has 0 radical (unpaired) electrons. The maximum absolute atomic E-state index is 10.8. The van der Waals surface area contributed by atoms with Gasteiger partial charge >= 0.3 is 23.9 Å². The highest BCUT2D eigenvalue weighted by Crippen LogP contribution is 2.31. The van der Waals surface area contributed by atoms with Crippen LogP contribution in [0.5, 0.6) is 0 Å². The summed E-state index contributed by atoms with van der Waals surface area (Å²) in [6, 6.07) is 0. The van der Waals surface area contributed by atoms with Crippen LogP contribution in [0.1, 0.15) is 47.0 Å². The highest BCUT2D eigenvalue weighted by Gasteiger charge is 2.46. The van der Waals surface area contributed by atoms with Crippen molar-refractivity contribution in [2.75, 3.05) is 13.2 Å². The molecule has 2 atom stereocenters. The van der Waals surface area contributed by atoms with E-state index in [1.807, 2.05) is 0 Å². The third-order valence-corrected chi connectivity index (χ3v) is 3.67. The van der Waals surface area contributed by atoms with E-state index in [2.05, 4.69) is 9.47 Å². The monoisotopic (exact) mass is 380 g/mol. The second-order valence-corrected chi connectivity index (χ2v) is 5.19. The van der Waals surface area contributed by atoms with Crippen LogP contribution in [0.25, 0.3) is 0 Å². The van der Waals surface area contributed by atoms with Crippen molar-refractivity contribution >= 4 is 23.9 Å². The van der Waals surface area contributed by atoms with Crippen LogP contribution < -0.4 is 0 Å². The van der Waals surface area contributed by atoms with Gasteiger partial charge in [-0.1, -0.05) is 13.8 Å². The van der Waals surface area contributed by atoms with Gasteiger partial charge in [0.15, 0.2) is 12.2 Å². The van der Waals surface area contributed by atoms with E-state index < -0.39 is 41.5 Å². The number of hydrogen-bond acceptors (Lipinski definition) is 8. The molecule has 0 bridgehead atoms. The lowest BCUT2D eigenvalue weighted by atomic mass is 9.77. The Bertz CT molecular complexity index is 470. The summed E-state index contributed by atoms with van der Waals surface area (Å²) in [5, 5.41) is 35.6. The first-order valence-electron chi connectivity index (χ1n) is 8.18. The van der Waals surface area contributed by atoms with E-state index in [9.17, 15) is 24.3 Å². The lowest BCUT2D eigenvalue weighted by Crippen LogP contribution is -2.46. The normalized spacial score (nSPS) is 12.8. The molecule has 0 aliphatic rings. The molecule has 0 rings (SSSR count). The average molecular weight is 380 g/mol. The average Bonchev–Trinajstić information content (AvgIpc) is 2.56. The van der Waals surface area contributed by atoms with Gasteiger partial charge in [-0.2, -0.15) is 0 Å². The van der Waals surface area contributed by atoms with Crippen molar-refractivity contribution in [3.8, 4) is 0 Å². The molecule has 0 heterocycles. The van der Waals surface area contributed by atoms with E-state index in [4.69, 9.17) is 15.3 Å². The zero-order chi connectivity index (χ0) is 20.9. The molecule has 0 aromatic carbocycles. The van der Waals surface area contributed by atoms with Gasteiger partial charge in [0.05, 0.1) is 19.6 Å². The molecule has 152 valence electrons. The molecule has 4 N–H and O–H groups in total. The number of aliphatic hydroxyl groups is 2. The highest BCUT2D eigenvalue weighted by molar-refractivity contribution is 5.84. The van der Waals surface area contributed by atoms with Crippen LogP contribution >= 0.6 is 0 Å². The van der Waals surface area contributed by atoms with Gasteiger partial charge in [0.2, 0.25) is 0 Å². The second-order valence-electron chi connectivity index (χ2n) is 5.19. The van der Waals surface area contributed by atoms with Gasteiger partial charge in [0.25, 0.3) is 0 Å². The number of rotatable bonds is 10. The van der Waals surface area contributed by atoms with Crippen molar-refractivity contribution in [2.24, 2.45) is 5.41 Å². The van der Waals surface area contributed by atoms with Crippen molar-refractivity contribution in [3.63, 3.8) is 0 Å². The summed E-state index contributed by atoms with van der Waals surface area (Å²) in [5.74, 6) is -4.17. The standard InChI is InChI=1S/2C8H14O5/c1-3-8(4-2,7(12)13)5(9)6(10)11;1-3-12-7(10)5-6(9)8(11)13-4-2/h5,9H,3-4H2,1-2H3,(H,10,11)(H,12,13);6,9H,3-5H2,1-2H3. The third-order valence-electron chi connectivity index (χ3n) is 3.67. The molecule has 0 saturated heterocycles. The van der Waals surface area contributed by atoms with E-state index >= 15 is 0 Å². The zero-order valence-electron chi connectivity index (χ0n) is 15.4. The van der Waals surface area contributed by atoms with Gasteiger partial charge in [0, 0.05) is 0 Å². The molecule has 0 aromatic heterocycles. The largest absolute Gasteiger partial charge is 0.481 e. The van der Waals surface area contributed by atoms with Gasteiger partial charge in [-0.25, -0.2) is 9.59 Å². The quantitative estimate of drug-likeness (QED) is 0.384. The molecule has 0 fully saturated rings. The van der Waals surface area contributed by atoms with Crippen LogP contribution in [-0.2, 0) is 28.7 Å². The maximum Gasteiger partial charge on any atom is 0.335 e. The van der Waals surface area contributed by atoms with Crippen molar-refractivity contribution in [2.45, 2.75) is 59.2 Å². The van der Waals surface area contributed by atoms with Crippen molar-refractivity contribution < 1.29 is 49.1 Å². The summed E-state index contributed by atoms with van der Waals surface area (Å²) in [5.41, 5.74) is -1.56. The number of esters is 2. The lowest BCUT2D eigenvalue weighted by Gasteiger charge is -2.29. The number of ether oxygens (including phenoxy) is 2. The number of hydrogen-bond donors (Lipinski definition) is 4. The number of carbonyl (C=O) groups excluding carboxylic acids is 2. The van der Waals surface area contributed by atoms with Crippen molar-refractivity contribution in [1.29, 1.82) is 0 Å². The van der Waals surface area contributed by atoms with Crippen LogP contribution in [0.4, 0.5) is 0 Å². The van der Waals surface area contributed by atoms with Crippen LogP contribution in [0, 0.1) is 5.41 Å². The molecule has 10 nitrogen and oxygen atoms in total. The van der Waals surface area contributed by atoms with E-state index in [1.54, 1.807) is 27.7 Å². The first-order valence-corrected chi connectivity index (χ1v) is 8.18. The number of carbonyl (C=O) groups is 4. The first kappa shape index (κ1) is 26.0. The van der Waals surface area contributed by atoms with Gasteiger partial charge < -0.3 is 29.9 Å². The topological polar surface area (TPSA) is 168 Å². The molecule has 26 heavy (non-hydrogen) atoms. The Hall–Kier alpha value is -2.20. The molecular weight excluding hydrogens is 352 g/mol. The summed E-state index contributed by atoms with van der Waals surface area (Å²) in [6.45, 7) is 6.77. The van der Waals surface area contributed by atoms with Crippen LogP contribution in [-0.4, -0.2) is 69.7 Å². The van der Waals surface area contributed by atoms with Gasteiger partial charge in [-0.05, 0) is 26.7 Å². The third kappa shape index (κ3) is 8.26. The summed E-state index contributed by atoms with van der Waals surface area (Å²) in [6.07, 6.45) is -3.44. The van der Waals surface area contributed by atoms with E-state index in [0.717, 1.165) is 0 Å². The maximum atomic E-state index is 10.8. The van der Waals surface area contributed by atoms with Crippen LogP contribution in [0.2, 0.25) is 0 Å². The number of carboxylic acid groups (broad SMARTS) is 2. The molecule has 0 aliphatic heterocycles. The number of aliphatic hydroxyl groups excluding tert-OH is 2. The molecule has 0 spiro atoms. The zero-order valence-corrected chi connectivity index (χ0v) is 15.4. The molecule has 0 amide bonds. The van der Waals surface area contributed by atoms with Gasteiger partial charge in [-0.15, -0.1) is 0 Å². The Morgan fingerprint density at radius 2 is 1.35 bits per heavy atom. The van der Waals surface area contributed by atoms with Crippen molar-refractivity contribution in [1.82, 2.24) is 0 Å². The second kappa shape index (κ2) is 13.1. The Morgan fingerprint density at radius 1 is 0.885 bits per heavy atom. The van der Waals surface area contributed by atoms with E-state index in [-0.39, 0.29) is 32.5 Å². The molecule has 0 saturated carbocycles. The molecule has 0 aliphatic carbocycles. The summed E-state index contributed by atoms with van der Waals surface area (Å²) in [4.78, 5) is 42.8. The minimum atomic E-state index is -1.85. The minimum Gasteiger partial charge on any atom is -0.481 e. The van der Waals surface area contributed by atoms with Gasteiger partial charge in [0.1, 0.15) is 5.41 Å². The fourth-order valence-corrected chi connectivity index (χ4v) is 1.99. The highest BCUT2D eigenvalue weighted by atomic mass is 16.6. The van der Waals surface area contributed by atoms with E-state index in [0.29, 0.717) is 0 Å². The minimum absolute atomic E-state index is 0.0896. The van der Waals surface area contributed by atoms with Crippen LogP contribution in [0.15, 0.2) is 0 Å². The SMILES string of the molecule is CCC(CC)(C(=O)O)C(O)C(=O)O.CCOC(=O)CC(O)C(=O)OCC. The van der Waals surface area contributed by atoms with Crippen molar-refractivity contribution in [3.05, 3.63) is 0 Å². The van der Waals surface area contributed by atoms with Crippen LogP contribution in [0.3, 0.4) is 0 Å². The summed E-state index contributed by atoms with van der Waals surface area (Å²) < 4.78 is 9.02. The number of aliphatic carboxylic acids is 2. The Morgan fingerprint density at radius 3 is 1.62 bits per heavy atom. The summed E-state index contributed by atoms with van der Waals surface area (Å²) in [7, 11) is 0. The first-order chi connectivity index (χ1) is 12.0. The molecule has 2 unspecified atom stereocenters. The smallest absolute Gasteiger partial charge is 0.335 e. The molecular formula is C16H28O10. The van der Waals surface area contributed by atoms with E-state index in [1.165, 1.54) is 0 Å².